The number of carbonyl (C=O) groups excluding carboxylic acids is 1. The van der Waals surface area contributed by atoms with Crippen LogP contribution in [0.15, 0.2) is 84.0 Å². The van der Waals surface area contributed by atoms with Gasteiger partial charge in [0.1, 0.15) is 5.69 Å². The van der Waals surface area contributed by atoms with Crippen molar-refractivity contribution in [1.82, 2.24) is 9.97 Å². The van der Waals surface area contributed by atoms with Crippen LogP contribution in [-0.2, 0) is 14.8 Å². The Labute approximate surface area is 185 Å². The van der Waals surface area contributed by atoms with E-state index in [4.69, 9.17) is 4.74 Å². The summed E-state index contributed by atoms with van der Waals surface area (Å²) in [5.41, 5.74) is 1.65. The lowest BCUT2D eigenvalue weighted by Gasteiger charge is -2.12. The normalized spacial score (nSPS) is 10.8. The van der Waals surface area contributed by atoms with Gasteiger partial charge in [0.15, 0.2) is 5.69 Å². The van der Waals surface area contributed by atoms with E-state index in [9.17, 15) is 13.2 Å². The maximum Gasteiger partial charge on any atom is 0.357 e. The second-order valence-corrected chi connectivity index (χ2v) is 8.30. The number of fused-ring (bicyclic) bond motifs is 1. The van der Waals surface area contributed by atoms with Crippen LogP contribution in [-0.4, -0.2) is 31.5 Å². The van der Waals surface area contributed by atoms with Crippen molar-refractivity contribution in [3.05, 3.63) is 96.1 Å². The molecule has 0 aliphatic carbocycles. The lowest BCUT2D eigenvalue weighted by Crippen LogP contribution is -2.14. The zero-order valence-corrected chi connectivity index (χ0v) is 17.8. The number of ether oxygens (including phenoxy) is 1. The Morgan fingerprint density at radius 3 is 2.53 bits per heavy atom. The Morgan fingerprint density at radius 1 is 0.906 bits per heavy atom. The predicted molar refractivity (Wildman–Crippen MR) is 121 cm³/mol. The lowest BCUT2D eigenvalue weighted by molar-refractivity contribution is 0.0596. The first kappa shape index (κ1) is 21.0. The molecule has 32 heavy (non-hydrogen) atoms. The van der Waals surface area contributed by atoms with E-state index in [-0.39, 0.29) is 10.6 Å². The standard InChI is InChI=1S/C24H17N3O4S/c1-31-24(28)23-21-9-5-10-22(20(21)13-15-26-23)32(29,30)27-19-8-4-6-17(16-19)11-12-18-7-2-3-14-25-18/h2-10,13-16,27H,1H3. The number of benzene rings is 2. The van der Waals surface area contributed by atoms with Crippen molar-refractivity contribution in [2.45, 2.75) is 4.90 Å². The van der Waals surface area contributed by atoms with Gasteiger partial charge in [-0.25, -0.2) is 23.2 Å². The second-order valence-electron chi connectivity index (χ2n) is 6.65. The predicted octanol–water partition coefficient (Wildman–Crippen LogP) is 3.62. The first-order chi connectivity index (χ1) is 15.5. The van der Waals surface area contributed by atoms with Gasteiger partial charge in [0, 0.05) is 28.7 Å². The van der Waals surface area contributed by atoms with E-state index in [2.05, 4.69) is 26.5 Å². The van der Waals surface area contributed by atoms with Crippen LogP contribution in [0.3, 0.4) is 0 Å². The van der Waals surface area contributed by atoms with Crippen LogP contribution in [0, 0.1) is 11.8 Å². The molecule has 0 bridgehead atoms. The second kappa shape index (κ2) is 8.88. The van der Waals surface area contributed by atoms with Gasteiger partial charge in [-0.15, -0.1) is 0 Å². The van der Waals surface area contributed by atoms with Gasteiger partial charge >= 0.3 is 5.97 Å². The molecule has 0 aliphatic heterocycles. The van der Waals surface area contributed by atoms with E-state index >= 15 is 0 Å². The number of esters is 1. The molecule has 0 saturated heterocycles. The number of nitrogens with one attached hydrogen (secondary N) is 1. The fourth-order valence-corrected chi connectivity index (χ4v) is 4.39. The quantitative estimate of drug-likeness (QED) is 0.382. The molecule has 0 unspecified atom stereocenters. The van der Waals surface area contributed by atoms with E-state index in [0.717, 1.165) is 0 Å². The number of pyridine rings is 2. The summed E-state index contributed by atoms with van der Waals surface area (Å²) in [7, 11) is -2.72. The summed E-state index contributed by atoms with van der Waals surface area (Å²) in [6.07, 6.45) is 3.03. The Balaban J connectivity index is 1.68. The van der Waals surface area contributed by atoms with Gasteiger partial charge < -0.3 is 4.74 Å². The number of hydrogen-bond acceptors (Lipinski definition) is 6. The first-order valence-corrected chi connectivity index (χ1v) is 11.0. The third-order valence-electron chi connectivity index (χ3n) is 4.55. The molecular formula is C24H17N3O4S. The van der Waals surface area contributed by atoms with Gasteiger partial charge in [-0.2, -0.15) is 0 Å². The molecule has 2 heterocycles. The smallest absolute Gasteiger partial charge is 0.357 e. The van der Waals surface area contributed by atoms with Crippen LogP contribution in [0.1, 0.15) is 21.7 Å². The Bertz CT molecular complexity index is 1470. The zero-order valence-electron chi connectivity index (χ0n) is 16.9. The van der Waals surface area contributed by atoms with Crippen LogP contribution < -0.4 is 4.72 Å². The van der Waals surface area contributed by atoms with E-state index < -0.39 is 16.0 Å². The zero-order chi connectivity index (χ0) is 22.6. The maximum absolute atomic E-state index is 13.2. The van der Waals surface area contributed by atoms with Crippen molar-refractivity contribution in [1.29, 1.82) is 0 Å². The van der Waals surface area contributed by atoms with Crippen LogP contribution >= 0.6 is 0 Å². The van der Waals surface area contributed by atoms with Crippen LogP contribution in [0.2, 0.25) is 0 Å². The summed E-state index contributed by atoms with van der Waals surface area (Å²) in [5, 5.41) is 0.749. The Hall–Kier alpha value is -4.22. The molecule has 158 valence electrons. The largest absolute Gasteiger partial charge is 0.464 e. The summed E-state index contributed by atoms with van der Waals surface area (Å²) < 4.78 is 33.7. The van der Waals surface area contributed by atoms with Crippen molar-refractivity contribution in [2.75, 3.05) is 11.8 Å². The highest BCUT2D eigenvalue weighted by molar-refractivity contribution is 7.93. The summed E-state index contributed by atoms with van der Waals surface area (Å²) in [5.74, 6) is 5.27. The average molecular weight is 443 g/mol. The molecule has 4 aromatic rings. The molecule has 0 fully saturated rings. The third-order valence-corrected chi connectivity index (χ3v) is 5.99. The number of hydrogen-bond donors (Lipinski definition) is 1. The van der Waals surface area contributed by atoms with Gasteiger partial charge in [0.25, 0.3) is 10.0 Å². The van der Waals surface area contributed by atoms with E-state index in [1.807, 2.05) is 6.07 Å². The number of anilines is 1. The molecule has 2 aromatic carbocycles. The number of rotatable bonds is 4. The first-order valence-electron chi connectivity index (χ1n) is 9.50. The van der Waals surface area contributed by atoms with Crippen molar-refractivity contribution in [2.24, 2.45) is 0 Å². The van der Waals surface area contributed by atoms with Crippen molar-refractivity contribution in [3.8, 4) is 11.8 Å². The molecule has 8 heteroatoms. The molecule has 1 N–H and O–H groups in total. The summed E-state index contributed by atoms with van der Waals surface area (Å²) in [6, 6.07) is 18.4. The molecule has 0 atom stereocenters. The SMILES string of the molecule is COC(=O)c1nccc2c(S(=O)(=O)Nc3cccc(C#Cc4ccccn4)c3)cccc12. The van der Waals surface area contributed by atoms with E-state index in [0.29, 0.717) is 27.7 Å². The molecular weight excluding hydrogens is 426 g/mol. The van der Waals surface area contributed by atoms with Crippen molar-refractivity contribution >= 4 is 32.5 Å². The monoisotopic (exact) mass is 443 g/mol. The molecule has 7 nitrogen and oxygen atoms in total. The molecule has 0 radical (unpaired) electrons. The summed E-state index contributed by atoms with van der Waals surface area (Å²) in [6.45, 7) is 0. The molecule has 0 saturated carbocycles. The van der Waals surface area contributed by atoms with E-state index in [1.165, 1.54) is 19.4 Å². The minimum Gasteiger partial charge on any atom is -0.464 e. The fraction of sp³-hybridized carbons (Fsp3) is 0.0417. The summed E-state index contributed by atoms with van der Waals surface area (Å²) >= 11 is 0. The molecule has 2 aromatic heterocycles. The van der Waals surface area contributed by atoms with Crippen LogP contribution in [0.4, 0.5) is 5.69 Å². The minimum atomic E-state index is -3.96. The van der Waals surface area contributed by atoms with Gasteiger partial charge in [0.2, 0.25) is 0 Å². The van der Waals surface area contributed by atoms with Gasteiger partial charge in [0.05, 0.1) is 17.7 Å². The Morgan fingerprint density at radius 2 is 1.75 bits per heavy atom. The van der Waals surface area contributed by atoms with Crippen molar-refractivity contribution in [3.63, 3.8) is 0 Å². The fourth-order valence-electron chi connectivity index (χ4n) is 3.12. The van der Waals surface area contributed by atoms with Crippen LogP contribution in [0.25, 0.3) is 10.8 Å². The van der Waals surface area contributed by atoms with Gasteiger partial charge in [-0.1, -0.05) is 30.2 Å². The molecule has 0 amide bonds. The number of aromatic nitrogens is 2. The van der Waals surface area contributed by atoms with E-state index in [1.54, 1.807) is 60.8 Å². The number of carbonyl (C=O) groups is 1. The number of sulfonamides is 1. The topological polar surface area (TPSA) is 98.2 Å². The van der Waals surface area contributed by atoms with Gasteiger partial charge in [-0.05, 0) is 48.4 Å². The van der Waals surface area contributed by atoms with Gasteiger partial charge in [-0.3, -0.25) is 4.72 Å². The third kappa shape index (κ3) is 4.43. The van der Waals surface area contributed by atoms with Crippen molar-refractivity contribution < 1.29 is 17.9 Å². The summed E-state index contributed by atoms with van der Waals surface area (Å²) in [4.78, 5) is 20.2. The maximum atomic E-state index is 13.2. The number of nitrogens with zero attached hydrogens (tertiary/aromatic N) is 2. The minimum absolute atomic E-state index is 0.0209. The molecule has 4 rings (SSSR count). The number of methoxy groups -OCH3 is 1. The highest BCUT2D eigenvalue weighted by Gasteiger charge is 2.20. The highest BCUT2D eigenvalue weighted by Crippen LogP contribution is 2.27. The molecule has 0 spiro atoms. The average Bonchev–Trinajstić information content (AvgIpc) is 2.82. The Kier molecular flexibility index (Phi) is 5.83. The highest BCUT2D eigenvalue weighted by atomic mass is 32.2. The lowest BCUT2D eigenvalue weighted by atomic mass is 10.1. The van der Waals surface area contributed by atoms with Crippen LogP contribution in [0.5, 0.6) is 0 Å². The molecule has 0 aliphatic rings.